The van der Waals surface area contributed by atoms with Gasteiger partial charge >= 0.3 is 6.09 Å². The molecule has 160 valence electrons. The van der Waals surface area contributed by atoms with Crippen molar-refractivity contribution in [2.45, 2.75) is 10.8 Å². The molecule has 0 unspecified atom stereocenters. The number of nitrogens with zero attached hydrogens (tertiary/aromatic N) is 3. The molecule has 4 aromatic heterocycles. The molecule has 0 bridgehead atoms. The average Bonchev–Trinajstić information content (AvgIpc) is 3.52. The van der Waals surface area contributed by atoms with Crippen molar-refractivity contribution in [1.82, 2.24) is 19.4 Å². The fraction of sp³-hybridized carbons (Fsp3) is 0.105. The van der Waals surface area contributed by atoms with Crippen LogP contribution in [0.3, 0.4) is 0 Å². The Hall–Kier alpha value is -3.51. The summed E-state index contributed by atoms with van der Waals surface area (Å²) in [7, 11) is -2.71. The van der Waals surface area contributed by atoms with Crippen LogP contribution in [0.5, 0.6) is 0 Å². The molecule has 9 nitrogen and oxygen atoms in total. The van der Waals surface area contributed by atoms with Gasteiger partial charge in [0.1, 0.15) is 10.8 Å². The summed E-state index contributed by atoms with van der Waals surface area (Å²) in [4.78, 5) is 15.6. The molecule has 4 rings (SSSR count). The highest BCUT2D eigenvalue weighted by molar-refractivity contribution is 7.92. The number of hydrogen-bond acceptors (Lipinski definition) is 8. The third-order valence-corrected chi connectivity index (χ3v) is 7.47. The molecule has 0 fully saturated rings. The highest BCUT2D eigenvalue weighted by Gasteiger charge is 2.26. The second-order valence-electron chi connectivity index (χ2n) is 6.20. The zero-order chi connectivity index (χ0) is 22.0. The van der Waals surface area contributed by atoms with Gasteiger partial charge < -0.3 is 14.6 Å². The number of carbonyl (C=O) groups excluding carboxylic acids is 1. The minimum Gasteiger partial charge on any atom is -0.445 e. The van der Waals surface area contributed by atoms with Crippen molar-refractivity contribution in [3.8, 4) is 21.9 Å². The Morgan fingerprint density at radius 1 is 1.29 bits per heavy atom. The van der Waals surface area contributed by atoms with Crippen molar-refractivity contribution in [3.63, 3.8) is 0 Å². The van der Waals surface area contributed by atoms with E-state index in [0.29, 0.717) is 16.2 Å². The van der Waals surface area contributed by atoms with Crippen LogP contribution in [0, 0.1) is 5.95 Å². The van der Waals surface area contributed by atoms with Gasteiger partial charge in [-0.05, 0) is 30.3 Å². The summed E-state index contributed by atoms with van der Waals surface area (Å²) in [6, 6.07) is 9.00. The van der Waals surface area contributed by atoms with Crippen LogP contribution < -0.4 is 5.32 Å². The number of hydrogen-bond donors (Lipinski definition) is 1. The molecule has 1 amide bonds. The standard InChI is InChI=1S/C19H15FN4O5S2/c1-21-19(25)28-11-12-9-14(13-3-2-7-22-18(13)20)24(10-12)31(26,27)17-5-4-16(30-17)15-6-8-23-29-15/h2-10H,11H2,1H3,(H,21,25). The van der Waals surface area contributed by atoms with Gasteiger partial charge in [-0.3, -0.25) is 0 Å². The number of amides is 1. The Morgan fingerprint density at radius 2 is 2.13 bits per heavy atom. The molecule has 0 saturated heterocycles. The summed E-state index contributed by atoms with van der Waals surface area (Å²) in [6.07, 6.45) is 3.32. The SMILES string of the molecule is CNC(=O)OCc1cc(-c2cccnc2F)n(S(=O)(=O)c2ccc(-c3ccno3)s2)c1. The van der Waals surface area contributed by atoms with Gasteiger partial charge in [0.25, 0.3) is 10.0 Å². The molecule has 0 aromatic carbocycles. The number of nitrogens with one attached hydrogen (secondary N) is 1. The molecule has 4 aromatic rings. The van der Waals surface area contributed by atoms with Gasteiger partial charge in [-0.1, -0.05) is 5.16 Å². The van der Waals surface area contributed by atoms with Gasteiger partial charge in [0.05, 0.1) is 22.3 Å². The van der Waals surface area contributed by atoms with Gasteiger partial charge in [-0.2, -0.15) is 12.8 Å². The van der Waals surface area contributed by atoms with Gasteiger partial charge in [-0.25, -0.2) is 13.8 Å². The number of aromatic nitrogens is 3. The van der Waals surface area contributed by atoms with E-state index in [4.69, 9.17) is 9.26 Å². The molecular weight excluding hydrogens is 447 g/mol. The highest BCUT2D eigenvalue weighted by Crippen LogP contribution is 2.34. The lowest BCUT2D eigenvalue weighted by molar-refractivity contribution is 0.142. The Labute approximate surface area is 180 Å². The summed E-state index contributed by atoms with van der Waals surface area (Å²) in [5.74, 6) is -0.401. The summed E-state index contributed by atoms with van der Waals surface area (Å²) in [5, 5.41) is 5.92. The Kier molecular flexibility index (Phi) is 5.57. The zero-order valence-electron chi connectivity index (χ0n) is 16.0. The van der Waals surface area contributed by atoms with Gasteiger partial charge in [-0.15, -0.1) is 11.3 Å². The summed E-state index contributed by atoms with van der Waals surface area (Å²) in [5.41, 5.74) is 0.400. The van der Waals surface area contributed by atoms with Crippen LogP contribution in [0.4, 0.5) is 9.18 Å². The minimum atomic E-state index is -4.11. The lowest BCUT2D eigenvalue weighted by Crippen LogP contribution is -2.18. The molecule has 4 heterocycles. The third-order valence-electron chi connectivity index (χ3n) is 4.23. The maximum absolute atomic E-state index is 14.4. The molecule has 1 N–H and O–H groups in total. The maximum Gasteiger partial charge on any atom is 0.407 e. The number of ether oxygens (including phenoxy) is 1. The smallest absolute Gasteiger partial charge is 0.407 e. The van der Waals surface area contributed by atoms with E-state index in [0.717, 1.165) is 15.3 Å². The van der Waals surface area contributed by atoms with Crippen LogP contribution in [-0.4, -0.2) is 35.7 Å². The van der Waals surface area contributed by atoms with E-state index in [1.165, 1.54) is 49.9 Å². The minimum absolute atomic E-state index is 0.00992. The van der Waals surface area contributed by atoms with E-state index >= 15 is 0 Å². The van der Waals surface area contributed by atoms with E-state index in [-0.39, 0.29) is 22.1 Å². The lowest BCUT2D eigenvalue weighted by atomic mass is 10.2. The van der Waals surface area contributed by atoms with E-state index < -0.39 is 22.1 Å². The summed E-state index contributed by atoms with van der Waals surface area (Å²) in [6.45, 7) is -0.204. The molecule has 31 heavy (non-hydrogen) atoms. The van der Waals surface area contributed by atoms with Crippen LogP contribution >= 0.6 is 11.3 Å². The largest absolute Gasteiger partial charge is 0.445 e. The molecule has 12 heteroatoms. The Balaban J connectivity index is 1.79. The monoisotopic (exact) mass is 462 g/mol. The van der Waals surface area contributed by atoms with Crippen LogP contribution in [0.1, 0.15) is 5.56 Å². The van der Waals surface area contributed by atoms with E-state index in [9.17, 15) is 17.6 Å². The maximum atomic E-state index is 14.4. The van der Waals surface area contributed by atoms with Crippen LogP contribution in [0.2, 0.25) is 0 Å². The van der Waals surface area contributed by atoms with Crippen LogP contribution in [-0.2, 0) is 21.4 Å². The van der Waals surface area contributed by atoms with E-state index in [2.05, 4.69) is 15.5 Å². The molecule has 0 radical (unpaired) electrons. The van der Waals surface area contributed by atoms with Crippen LogP contribution in [0.15, 0.2) is 63.7 Å². The van der Waals surface area contributed by atoms with Gasteiger partial charge in [0.2, 0.25) is 5.95 Å². The number of pyridine rings is 1. The topological polar surface area (TPSA) is 116 Å². The predicted octanol–water partition coefficient (Wildman–Crippen LogP) is 3.50. The number of thiophene rings is 1. The first-order chi connectivity index (χ1) is 14.9. The zero-order valence-corrected chi connectivity index (χ0v) is 17.6. The van der Waals surface area contributed by atoms with Crippen molar-refractivity contribution in [1.29, 1.82) is 0 Å². The fourth-order valence-electron chi connectivity index (χ4n) is 2.80. The molecule has 0 atom stereocenters. The number of rotatable bonds is 6. The lowest BCUT2D eigenvalue weighted by Gasteiger charge is -2.09. The first kappa shape index (κ1) is 20.8. The normalized spacial score (nSPS) is 11.4. The van der Waals surface area contributed by atoms with Crippen molar-refractivity contribution < 1.29 is 26.9 Å². The molecular formula is C19H15FN4O5S2. The Morgan fingerprint density at radius 3 is 2.84 bits per heavy atom. The Bertz CT molecular complexity index is 1330. The third kappa shape index (κ3) is 4.07. The average molecular weight is 462 g/mol. The molecule has 0 aliphatic rings. The molecule has 0 aliphatic carbocycles. The number of carbonyl (C=O) groups is 1. The van der Waals surface area contributed by atoms with Crippen molar-refractivity contribution in [2.75, 3.05) is 7.05 Å². The quantitative estimate of drug-likeness (QED) is 0.436. The number of halogens is 1. The summed E-state index contributed by atoms with van der Waals surface area (Å²) < 4.78 is 52.2. The van der Waals surface area contributed by atoms with E-state index in [1.807, 2.05) is 0 Å². The summed E-state index contributed by atoms with van der Waals surface area (Å²) >= 11 is 0.984. The first-order valence-corrected chi connectivity index (χ1v) is 11.1. The second kappa shape index (κ2) is 8.32. The molecule has 0 spiro atoms. The van der Waals surface area contributed by atoms with Crippen LogP contribution in [0.25, 0.3) is 21.9 Å². The highest BCUT2D eigenvalue weighted by atomic mass is 32.2. The van der Waals surface area contributed by atoms with Gasteiger partial charge in [0, 0.05) is 31.1 Å². The number of alkyl carbamates (subject to hydrolysis) is 1. The van der Waals surface area contributed by atoms with Crippen molar-refractivity contribution in [3.05, 3.63) is 66.5 Å². The van der Waals surface area contributed by atoms with Crippen molar-refractivity contribution >= 4 is 27.5 Å². The van der Waals surface area contributed by atoms with Crippen molar-refractivity contribution in [2.24, 2.45) is 0 Å². The van der Waals surface area contributed by atoms with Gasteiger partial charge in [0.15, 0.2) is 5.76 Å². The molecule has 0 aliphatic heterocycles. The van der Waals surface area contributed by atoms with E-state index in [1.54, 1.807) is 12.1 Å². The second-order valence-corrected chi connectivity index (χ2v) is 9.32. The molecule has 0 saturated carbocycles. The first-order valence-electron chi connectivity index (χ1n) is 8.83. The fourth-order valence-corrected chi connectivity index (χ4v) is 5.54. The predicted molar refractivity (Wildman–Crippen MR) is 109 cm³/mol.